The summed E-state index contributed by atoms with van der Waals surface area (Å²) in [6.07, 6.45) is 1.33. The first-order valence-electron chi connectivity index (χ1n) is 11.2. The zero-order chi connectivity index (χ0) is 23.6. The van der Waals surface area contributed by atoms with Crippen LogP contribution in [0.5, 0.6) is 17.2 Å². The van der Waals surface area contributed by atoms with Gasteiger partial charge in [0.15, 0.2) is 0 Å². The molecular formula is C28H30O5. The summed E-state index contributed by atoms with van der Waals surface area (Å²) in [6, 6.07) is 20.0. The lowest BCUT2D eigenvalue weighted by molar-refractivity contribution is -0.141. The first-order chi connectivity index (χ1) is 15.7. The van der Waals surface area contributed by atoms with Crippen LogP contribution in [-0.2, 0) is 24.2 Å². The van der Waals surface area contributed by atoms with Gasteiger partial charge in [-0.05, 0) is 78.9 Å². The average Bonchev–Trinajstić information content (AvgIpc) is 3.12. The fourth-order valence-corrected chi connectivity index (χ4v) is 4.19. The van der Waals surface area contributed by atoms with Gasteiger partial charge in [0.05, 0.1) is 13.0 Å². The molecule has 0 saturated carbocycles. The zero-order valence-electron chi connectivity index (χ0n) is 19.6. The van der Waals surface area contributed by atoms with Crippen LogP contribution in [0.4, 0.5) is 0 Å². The topological polar surface area (TPSA) is 65.0 Å². The van der Waals surface area contributed by atoms with E-state index in [-0.39, 0.29) is 5.60 Å². The van der Waals surface area contributed by atoms with Crippen LogP contribution in [0.25, 0.3) is 11.1 Å². The molecule has 0 aromatic heterocycles. The Bertz CT molecular complexity index is 1150. The van der Waals surface area contributed by atoms with E-state index < -0.39 is 11.9 Å². The summed E-state index contributed by atoms with van der Waals surface area (Å²) >= 11 is 0. The Balaban J connectivity index is 1.57. The minimum Gasteiger partial charge on any atom is -0.497 e. The molecule has 0 saturated heterocycles. The minimum atomic E-state index is -0.789. The van der Waals surface area contributed by atoms with Gasteiger partial charge >= 0.3 is 5.97 Å². The Labute approximate surface area is 194 Å². The van der Waals surface area contributed by atoms with Gasteiger partial charge in [-0.1, -0.05) is 31.2 Å². The van der Waals surface area contributed by atoms with Crippen molar-refractivity contribution < 1.29 is 24.1 Å². The molecule has 3 aromatic rings. The fourth-order valence-electron chi connectivity index (χ4n) is 4.19. The molecule has 0 aliphatic carbocycles. The molecule has 1 aliphatic rings. The number of hydrogen-bond donors (Lipinski definition) is 1. The second-order valence-electron chi connectivity index (χ2n) is 9.27. The van der Waals surface area contributed by atoms with Crippen molar-refractivity contribution in [1.29, 1.82) is 0 Å². The molecule has 0 spiro atoms. The smallest absolute Gasteiger partial charge is 0.306 e. The van der Waals surface area contributed by atoms with Crippen LogP contribution >= 0.6 is 0 Å². The summed E-state index contributed by atoms with van der Waals surface area (Å²) in [4.78, 5) is 11.1. The normalized spacial score (nSPS) is 14.8. The molecule has 0 radical (unpaired) electrons. The van der Waals surface area contributed by atoms with E-state index in [0.717, 1.165) is 45.9 Å². The molecule has 1 heterocycles. The maximum absolute atomic E-state index is 11.1. The maximum Gasteiger partial charge on any atom is 0.306 e. The van der Waals surface area contributed by atoms with Crippen molar-refractivity contribution in [2.75, 3.05) is 7.11 Å². The van der Waals surface area contributed by atoms with Gasteiger partial charge in [0.25, 0.3) is 0 Å². The van der Waals surface area contributed by atoms with Crippen molar-refractivity contribution in [2.45, 2.75) is 45.8 Å². The fraction of sp³-hybridized carbons (Fsp3) is 0.321. The van der Waals surface area contributed by atoms with E-state index in [1.165, 1.54) is 5.56 Å². The predicted octanol–water partition coefficient (Wildman–Crippen LogP) is 5.92. The Morgan fingerprint density at radius 1 is 1.06 bits per heavy atom. The highest BCUT2D eigenvalue weighted by Gasteiger charge is 2.32. The lowest BCUT2D eigenvalue weighted by atomic mass is 9.95. The van der Waals surface area contributed by atoms with E-state index in [4.69, 9.17) is 19.3 Å². The summed E-state index contributed by atoms with van der Waals surface area (Å²) in [6.45, 7) is 6.28. The number of carboxylic acids is 1. The Kier molecular flexibility index (Phi) is 6.32. The van der Waals surface area contributed by atoms with E-state index in [0.29, 0.717) is 13.0 Å². The third-order valence-corrected chi connectivity index (χ3v) is 5.92. The molecule has 172 valence electrons. The number of aliphatic carboxylic acids is 1. The Morgan fingerprint density at radius 2 is 1.82 bits per heavy atom. The van der Waals surface area contributed by atoms with Gasteiger partial charge in [0.1, 0.15) is 29.5 Å². The van der Waals surface area contributed by atoms with E-state index in [1.807, 2.05) is 42.5 Å². The van der Waals surface area contributed by atoms with Crippen LogP contribution < -0.4 is 14.2 Å². The standard InChI is InChI=1S/C28H30O5/c1-18(27(29)30)12-19-8-10-24(11-9-19)32-17-23-14-21(20-6-5-7-25(15-20)31-4)13-22-16-28(2,3)33-26(22)23/h5-11,13-15,18H,12,16-17H2,1-4H3,(H,29,30). The molecule has 1 unspecified atom stereocenters. The van der Waals surface area contributed by atoms with Crippen LogP contribution in [0.2, 0.25) is 0 Å². The van der Waals surface area contributed by atoms with E-state index >= 15 is 0 Å². The number of carbonyl (C=O) groups is 1. The second-order valence-corrected chi connectivity index (χ2v) is 9.27. The molecule has 1 N–H and O–H groups in total. The van der Waals surface area contributed by atoms with E-state index in [9.17, 15) is 4.79 Å². The van der Waals surface area contributed by atoms with Crippen LogP contribution in [0.3, 0.4) is 0 Å². The highest BCUT2D eigenvalue weighted by Crippen LogP contribution is 2.41. The van der Waals surface area contributed by atoms with Crippen LogP contribution in [0.1, 0.15) is 37.5 Å². The molecule has 0 amide bonds. The van der Waals surface area contributed by atoms with Gasteiger partial charge in [0, 0.05) is 12.0 Å². The van der Waals surface area contributed by atoms with Gasteiger partial charge in [-0.3, -0.25) is 4.79 Å². The van der Waals surface area contributed by atoms with Crippen molar-refractivity contribution >= 4 is 5.97 Å². The number of carboxylic acid groups (broad SMARTS) is 1. The SMILES string of the molecule is COc1cccc(-c2cc(COc3ccc(CC(C)C(=O)O)cc3)c3c(c2)CC(C)(C)O3)c1. The highest BCUT2D eigenvalue weighted by atomic mass is 16.5. The molecule has 4 rings (SSSR count). The molecule has 5 heteroatoms. The third kappa shape index (κ3) is 5.30. The lowest BCUT2D eigenvalue weighted by Crippen LogP contribution is -2.25. The summed E-state index contributed by atoms with van der Waals surface area (Å²) < 4.78 is 17.8. The number of hydrogen-bond acceptors (Lipinski definition) is 4. The van der Waals surface area contributed by atoms with Gasteiger partial charge in [-0.2, -0.15) is 0 Å². The number of ether oxygens (including phenoxy) is 3. The largest absolute Gasteiger partial charge is 0.497 e. The van der Waals surface area contributed by atoms with Crippen molar-refractivity contribution in [1.82, 2.24) is 0 Å². The molecule has 5 nitrogen and oxygen atoms in total. The number of methoxy groups -OCH3 is 1. The summed E-state index contributed by atoms with van der Waals surface area (Å²) in [5.41, 5.74) is 5.08. The molecule has 33 heavy (non-hydrogen) atoms. The van der Waals surface area contributed by atoms with Crippen LogP contribution in [0, 0.1) is 5.92 Å². The van der Waals surface area contributed by atoms with Crippen molar-refractivity contribution in [3.63, 3.8) is 0 Å². The predicted molar refractivity (Wildman–Crippen MR) is 128 cm³/mol. The average molecular weight is 447 g/mol. The van der Waals surface area contributed by atoms with Gasteiger partial charge in [-0.25, -0.2) is 0 Å². The van der Waals surface area contributed by atoms with Crippen LogP contribution in [0.15, 0.2) is 60.7 Å². The molecule has 1 atom stereocenters. The molecule has 0 bridgehead atoms. The monoisotopic (exact) mass is 446 g/mol. The highest BCUT2D eigenvalue weighted by molar-refractivity contribution is 5.70. The third-order valence-electron chi connectivity index (χ3n) is 5.92. The molecule has 3 aromatic carbocycles. The maximum atomic E-state index is 11.1. The first-order valence-corrected chi connectivity index (χ1v) is 11.2. The van der Waals surface area contributed by atoms with Crippen molar-refractivity contribution in [2.24, 2.45) is 5.92 Å². The number of benzene rings is 3. The second kappa shape index (κ2) is 9.18. The van der Waals surface area contributed by atoms with E-state index in [1.54, 1.807) is 14.0 Å². The first kappa shape index (κ1) is 22.7. The molecule has 0 fully saturated rings. The molecule has 1 aliphatic heterocycles. The zero-order valence-corrected chi connectivity index (χ0v) is 19.6. The summed E-state index contributed by atoms with van der Waals surface area (Å²) in [5, 5.41) is 9.11. The Morgan fingerprint density at radius 3 is 2.52 bits per heavy atom. The van der Waals surface area contributed by atoms with Crippen molar-refractivity contribution in [3.05, 3.63) is 77.4 Å². The Hall–Kier alpha value is -3.47. The number of rotatable bonds is 8. The van der Waals surface area contributed by atoms with Gasteiger partial charge < -0.3 is 19.3 Å². The molecular weight excluding hydrogens is 416 g/mol. The summed E-state index contributed by atoms with van der Waals surface area (Å²) in [7, 11) is 1.67. The van der Waals surface area contributed by atoms with E-state index in [2.05, 4.69) is 32.0 Å². The summed E-state index contributed by atoms with van der Waals surface area (Å²) in [5.74, 6) is 1.25. The van der Waals surface area contributed by atoms with Crippen molar-refractivity contribution in [3.8, 4) is 28.4 Å². The quantitative estimate of drug-likeness (QED) is 0.465. The van der Waals surface area contributed by atoms with Crippen LogP contribution in [-0.4, -0.2) is 23.8 Å². The van der Waals surface area contributed by atoms with Gasteiger partial charge in [-0.15, -0.1) is 0 Å². The van der Waals surface area contributed by atoms with Gasteiger partial charge in [0.2, 0.25) is 0 Å². The lowest BCUT2D eigenvalue weighted by Gasteiger charge is -2.18. The minimum absolute atomic E-state index is 0.257. The number of fused-ring (bicyclic) bond motifs is 1.